The number of nitrogens with two attached hydrogens (primary N) is 1. The second kappa shape index (κ2) is 10.3. The molecule has 4 aromatic rings. The fourth-order valence-electron chi connectivity index (χ4n) is 7.78. The number of nitrogen functional groups attached to an aromatic ring is 1. The molecule has 2 N–H and O–H groups in total. The molecule has 4 aliphatic rings. The Labute approximate surface area is 262 Å². The van der Waals surface area contributed by atoms with E-state index in [0.717, 1.165) is 31.0 Å². The minimum Gasteiger partial charge on any atom is -0.461 e. The zero-order valence-corrected chi connectivity index (χ0v) is 25.0. The molecule has 240 valence electrons. The predicted octanol–water partition coefficient (Wildman–Crippen LogP) is 6.20. The van der Waals surface area contributed by atoms with Crippen molar-refractivity contribution in [2.75, 3.05) is 43.5 Å². The van der Waals surface area contributed by atoms with Crippen LogP contribution in [0.2, 0.25) is 0 Å². The van der Waals surface area contributed by atoms with Crippen LogP contribution in [0.25, 0.3) is 32.1 Å². The molecular weight excluding hydrogens is 634 g/mol. The predicted molar refractivity (Wildman–Crippen MR) is 158 cm³/mol. The van der Waals surface area contributed by atoms with Crippen LogP contribution < -0.4 is 15.4 Å². The lowest BCUT2D eigenvalue weighted by Crippen LogP contribution is -2.64. The first-order valence-electron chi connectivity index (χ1n) is 14.9. The normalized spacial score (nSPS) is 26.0. The Morgan fingerprint density at radius 1 is 1.20 bits per heavy atom. The molecule has 2 unspecified atom stereocenters. The molecule has 2 aromatic carbocycles. The molecule has 0 spiro atoms. The van der Waals surface area contributed by atoms with E-state index in [0.29, 0.717) is 37.5 Å². The van der Waals surface area contributed by atoms with Gasteiger partial charge in [-0.3, -0.25) is 4.90 Å². The Balaban J connectivity index is 1.35. The number of ether oxygens (including phenoxy) is 2. The Morgan fingerprint density at radius 3 is 2.70 bits per heavy atom. The van der Waals surface area contributed by atoms with Crippen LogP contribution in [0.1, 0.15) is 36.8 Å². The fourth-order valence-corrected chi connectivity index (χ4v) is 8.73. The van der Waals surface area contributed by atoms with Gasteiger partial charge < -0.3 is 20.1 Å². The van der Waals surface area contributed by atoms with Crippen molar-refractivity contribution in [2.24, 2.45) is 0 Å². The number of rotatable bonds is 5. The highest BCUT2D eigenvalue weighted by atomic mass is 32.1. The molecule has 0 amide bonds. The first-order valence-corrected chi connectivity index (χ1v) is 15.7. The Morgan fingerprint density at radius 2 is 1.98 bits per heavy atom. The van der Waals surface area contributed by atoms with Gasteiger partial charge in [0, 0.05) is 29.3 Å². The summed E-state index contributed by atoms with van der Waals surface area (Å²) in [4.78, 5) is 12.7. The third-order valence-electron chi connectivity index (χ3n) is 9.82. The van der Waals surface area contributed by atoms with Gasteiger partial charge in [0.2, 0.25) is 0 Å². The molecule has 15 heteroatoms. The van der Waals surface area contributed by atoms with Crippen LogP contribution in [-0.2, 0) is 10.9 Å². The van der Waals surface area contributed by atoms with Crippen LogP contribution in [-0.4, -0.2) is 71.6 Å². The number of aromatic nitrogens is 2. The topological polar surface area (TPSA) is 101 Å². The van der Waals surface area contributed by atoms with E-state index >= 15 is 4.39 Å². The number of hydrogen-bond donors (Lipinski definition) is 1. The molecule has 4 atom stereocenters. The fraction of sp³-hybridized carbons (Fsp3) is 0.452. The summed E-state index contributed by atoms with van der Waals surface area (Å²) in [6, 6.07) is 3.96. The third-order valence-corrected chi connectivity index (χ3v) is 10.8. The number of nitrogens with zero attached hydrogens (tertiary/aromatic N) is 5. The van der Waals surface area contributed by atoms with Gasteiger partial charge in [-0.25, -0.2) is 13.2 Å². The lowest BCUT2D eigenvalue weighted by atomic mass is 9.89. The van der Waals surface area contributed by atoms with E-state index in [2.05, 4.69) is 9.97 Å². The zero-order valence-electron chi connectivity index (χ0n) is 24.1. The molecule has 4 fully saturated rings. The molecule has 4 aliphatic heterocycles. The Kier molecular flexibility index (Phi) is 6.62. The standard InChI is InChI=1S/C31H26F6N6O2S/c32-14-8-30(4-1-5-42(30)10-14)13-45-29-40-25-18(28(41-29)43-15-6-16(43)12-44-11-15)7-20(31(35,36)37)23(24(25)34)17-2-3-21(33)26-22(17)19(9-38)27(39)46-26/h2-3,7,14-16H,1,4-6,8,10-13,39H2/t14-,15?,16?,30+/m1/s1. The Bertz CT molecular complexity index is 1950. The van der Waals surface area contributed by atoms with Gasteiger partial charge >= 0.3 is 12.2 Å². The van der Waals surface area contributed by atoms with E-state index in [1.54, 1.807) is 0 Å². The Hall–Kier alpha value is -3.87. The molecule has 6 heterocycles. The molecule has 8 nitrogen and oxygen atoms in total. The van der Waals surface area contributed by atoms with Crippen molar-refractivity contribution in [3.8, 4) is 23.2 Å². The summed E-state index contributed by atoms with van der Waals surface area (Å²) in [7, 11) is 0. The van der Waals surface area contributed by atoms with Crippen molar-refractivity contribution in [1.82, 2.24) is 14.9 Å². The largest absolute Gasteiger partial charge is 0.461 e. The van der Waals surface area contributed by atoms with Crippen molar-refractivity contribution < 1.29 is 35.8 Å². The molecule has 2 aromatic heterocycles. The van der Waals surface area contributed by atoms with E-state index in [1.807, 2.05) is 15.9 Å². The van der Waals surface area contributed by atoms with Gasteiger partial charge in [-0.1, -0.05) is 6.07 Å². The van der Waals surface area contributed by atoms with E-state index in [4.69, 9.17) is 15.2 Å². The summed E-state index contributed by atoms with van der Waals surface area (Å²) < 4.78 is 102. The average molecular weight is 661 g/mol. The van der Waals surface area contributed by atoms with Gasteiger partial charge in [-0.15, -0.1) is 11.3 Å². The molecule has 4 saturated heterocycles. The second-order valence-electron chi connectivity index (χ2n) is 12.4. The maximum Gasteiger partial charge on any atom is 0.417 e. The van der Waals surface area contributed by atoms with Crippen LogP contribution in [0, 0.1) is 23.0 Å². The number of alkyl halides is 4. The zero-order chi connectivity index (χ0) is 32.1. The minimum absolute atomic E-state index is 0.0295. The van der Waals surface area contributed by atoms with Gasteiger partial charge in [0.05, 0.1) is 46.7 Å². The second-order valence-corrected chi connectivity index (χ2v) is 13.5. The molecule has 0 aliphatic carbocycles. The molecule has 8 rings (SSSR count). The molecular formula is C31H26F6N6O2S. The summed E-state index contributed by atoms with van der Waals surface area (Å²) >= 11 is 0.698. The maximum absolute atomic E-state index is 16.9. The summed E-state index contributed by atoms with van der Waals surface area (Å²) in [6.45, 7) is 1.68. The number of benzene rings is 2. The summed E-state index contributed by atoms with van der Waals surface area (Å²) in [6.07, 6.45) is -3.53. The number of hydrogen-bond acceptors (Lipinski definition) is 9. The number of fused-ring (bicyclic) bond motifs is 5. The molecule has 0 radical (unpaired) electrons. The third kappa shape index (κ3) is 4.33. The van der Waals surface area contributed by atoms with E-state index in [1.165, 1.54) is 0 Å². The van der Waals surface area contributed by atoms with Crippen LogP contribution in [0.5, 0.6) is 6.01 Å². The highest BCUT2D eigenvalue weighted by Crippen LogP contribution is 2.49. The van der Waals surface area contributed by atoms with Crippen molar-refractivity contribution in [1.29, 1.82) is 5.26 Å². The average Bonchev–Trinajstić information content (AvgIpc) is 3.66. The summed E-state index contributed by atoms with van der Waals surface area (Å²) in [5.74, 6) is -2.05. The smallest absolute Gasteiger partial charge is 0.417 e. The van der Waals surface area contributed by atoms with Gasteiger partial charge in [0.1, 0.15) is 41.0 Å². The van der Waals surface area contributed by atoms with E-state index in [9.17, 15) is 27.2 Å². The molecule has 2 bridgehead atoms. The number of nitriles is 1. The first kappa shape index (κ1) is 29.5. The van der Waals surface area contributed by atoms with E-state index in [-0.39, 0.29) is 75.1 Å². The number of anilines is 2. The monoisotopic (exact) mass is 660 g/mol. The van der Waals surface area contributed by atoms with Crippen LogP contribution >= 0.6 is 11.3 Å². The maximum atomic E-state index is 16.9. The SMILES string of the molecule is N#Cc1c(N)sc2c(F)ccc(-c3c(C(F)(F)F)cc4c(N5C6COCC5C6)nc(OC[C@@]56CCCN5C[C@H](F)C6)nc4c3F)c12. The van der Waals surface area contributed by atoms with Crippen LogP contribution in [0.15, 0.2) is 18.2 Å². The van der Waals surface area contributed by atoms with Crippen LogP contribution in [0.3, 0.4) is 0 Å². The van der Waals surface area contributed by atoms with Crippen molar-refractivity contribution in [3.05, 3.63) is 41.0 Å². The van der Waals surface area contributed by atoms with Gasteiger partial charge in [0.15, 0.2) is 5.82 Å². The number of thiophene rings is 1. The van der Waals surface area contributed by atoms with Crippen molar-refractivity contribution in [2.45, 2.75) is 55.7 Å². The summed E-state index contributed by atoms with van der Waals surface area (Å²) in [5, 5.41) is 9.28. The highest BCUT2D eigenvalue weighted by Gasteiger charge is 2.50. The number of morpholine rings is 1. The van der Waals surface area contributed by atoms with E-state index < -0.39 is 46.2 Å². The molecule has 0 saturated carbocycles. The van der Waals surface area contributed by atoms with Gasteiger partial charge in [-0.2, -0.15) is 28.4 Å². The quantitative estimate of drug-likeness (QED) is 0.253. The highest BCUT2D eigenvalue weighted by molar-refractivity contribution is 7.23. The first-order chi connectivity index (χ1) is 22.0. The number of halogens is 6. The van der Waals surface area contributed by atoms with Crippen molar-refractivity contribution >= 4 is 43.1 Å². The lowest BCUT2D eigenvalue weighted by molar-refractivity contribution is -0.137. The molecule has 46 heavy (non-hydrogen) atoms. The van der Waals surface area contributed by atoms with Crippen molar-refractivity contribution in [3.63, 3.8) is 0 Å². The minimum atomic E-state index is -5.06. The summed E-state index contributed by atoms with van der Waals surface area (Å²) in [5.41, 5.74) is 2.12. The van der Waals surface area contributed by atoms with Gasteiger partial charge in [0.25, 0.3) is 0 Å². The lowest BCUT2D eigenvalue weighted by Gasteiger charge is -2.53. The van der Waals surface area contributed by atoms with Gasteiger partial charge in [-0.05, 0) is 43.5 Å². The van der Waals surface area contributed by atoms with Crippen LogP contribution in [0.4, 0.5) is 37.2 Å².